The van der Waals surface area contributed by atoms with Crippen molar-refractivity contribution in [3.05, 3.63) is 35.1 Å². The zero-order valence-corrected chi connectivity index (χ0v) is 11.2. The van der Waals surface area contributed by atoms with E-state index in [1.807, 2.05) is 33.0 Å². The van der Waals surface area contributed by atoms with Crippen molar-refractivity contribution < 1.29 is 4.39 Å². The van der Waals surface area contributed by atoms with Crippen molar-refractivity contribution in [3.63, 3.8) is 0 Å². The summed E-state index contributed by atoms with van der Waals surface area (Å²) in [6.07, 6.45) is 1.88. The first-order valence-corrected chi connectivity index (χ1v) is 6.05. The summed E-state index contributed by atoms with van der Waals surface area (Å²) in [6.45, 7) is 5.84. The van der Waals surface area contributed by atoms with Gasteiger partial charge in [0.1, 0.15) is 5.82 Å². The summed E-state index contributed by atoms with van der Waals surface area (Å²) in [7, 11) is 1.92. The maximum Gasteiger partial charge on any atom is 0.126 e. The van der Waals surface area contributed by atoms with Crippen LogP contribution in [-0.4, -0.2) is 12.6 Å². The number of halogens is 1. The molecule has 17 heavy (non-hydrogen) atoms. The first-order chi connectivity index (χ1) is 7.83. The molecule has 3 N–H and O–H groups in total. The highest BCUT2D eigenvalue weighted by Crippen LogP contribution is 2.23. The van der Waals surface area contributed by atoms with Gasteiger partial charge in [0.15, 0.2) is 0 Å². The Morgan fingerprint density at radius 3 is 2.53 bits per heavy atom. The van der Waals surface area contributed by atoms with Crippen molar-refractivity contribution in [1.29, 1.82) is 0 Å². The smallest absolute Gasteiger partial charge is 0.126 e. The van der Waals surface area contributed by atoms with Gasteiger partial charge in [0.2, 0.25) is 0 Å². The molecule has 1 aromatic carbocycles. The summed E-state index contributed by atoms with van der Waals surface area (Å²) in [4.78, 5) is 0. The third-order valence-corrected chi connectivity index (χ3v) is 3.01. The molecule has 0 amide bonds. The van der Waals surface area contributed by atoms with Crippen molar-refractivity contribution in [2.75, 3.05) is 7.05 Å². The highest BCUT2D eigenvalue weighted by Gasteiger charge is 2.16. The molecule has 2 nitrogen and oxygen atoms in total. The van der Waals surface area contributed by atoms with Crippen molar-refractivity contribution in [3.8, 4) is 0 Å². The Morgan fingerprint density at radius 1 is 1.41 bits per heavy atom. The second-order valence-electron chi connectivity index (χ2n) is 5.38. The van der Waals surface area contributed by atoms with E-state index < -0.39 is 0 Å². The molecule has 0 radical (unpaired) electrons. The van der Waals surface area contributed by atoms with E-state index in [2.05, 4.69) is 5.32 Å². The van der Waals surface area contributed by atoms with E-state index in [1.165, 1.54) is 6.07 Å². The van der Waals surface area contributed by atoms with Crippen LogP contribution in [0.1, 0.15) is 43.9 Å². The number of aryl methyl sites for hydroxylation is 1. The monoisotopic (exact) mass is 238 g/mol. The Bertz CT molecular complexity index is 369. The molecule has 0 heterocycles. The molecule has 96 valence electrons. The summed E-state index contributed by atoms with van der Waals surface area (Å²) < 4.78 is 13.2. The number of benzene rings is 1. The second-order valence-corrected chi connectivity index (χ2v) is 5.38. The third kappa shape index (κ3) is 4.44. The van der Waals surface area contributed by atoms with E-state index >= 15 is 0 Å². The molecule has 0 aliphatic heterocycles. The molecule has 1 rings (SSSR count). The van der Waals surface area contributed by atoms with Crippen LogP contribution in [0.25, 0.3) is 0 Å². The van der Waals surface area contributed by atoms with Crippen LogP contribution in [0.3, 0.4) is 0 Å². The Balaban J connectivity index is 2.76. The maximum atomic E-state index is 13.2. The molecule has 0 bridgehead atoms. The quantitative estimate of drug-likeness (QED) is 0.827. The summed E-state index contributed by atoms with van der Waals surface area (Å²) >= 11 is 0. The maximum absolute atomic E-state index is 13.2. The van der Waals surface area contributed by atoms with Crippen LogP contribution >= 0.6 is 0 Å². The zero-order chi connectivity index (χ0) is 13.1. The molecule has 1 unspecified atom stereocenters. The second kappa shape index (κ2) is 5.61. The minimum absolute atomic E-state index is 0.150. The third-order valence-electron chi connectivity index (χ3n) is 3.01. The van der Waals surface area contributed by atoms with Crippen LogP contribution in [0, 0.1) is 12.7 Å². The Morgan fingerprint density at radius 2 is 2.06 bits per heavy atom. The number of nitrogens with two attached hydrogens (primary N) is 1. The predicted molar refractivity (Wildman–Crippen MR) is 70.4 cm³/mol. The predicted octanol–water partition coefficient (Wildman–Crippen LogP) is 2.91. The minimum atomic E-state index is -0.163. The molecular formula is C14H23FN2. The lowest BCUT2D eigenvalue weighted by atomic mass is 9.93. The lowest BCUT2D eigenvalue weighted by molar-refractivity contribution is 0.410. The summed E-state index contributed by atoms with van der Waals surface area (Å²) in [5.74, 6) is -0.150. The fourth-order valence-electron chi connectivity index (χ4n) is 1.88. The Kier molecular flexibility index (Phi) is 4.66. The van der Waals surface area contributed by atoms with Gasteiger partial charge in [-0.25, -0.2) is 4.39 Å². The highest BCUT2D eigenvalue weighted by atomic mass is 19.1. The van der Waals surface area contributed by atoms with Crippen molar-refractivity contribution >= 4 is 0 Å². The molecule has 0 saturated heterocycles. The van der Waals surface area contributed by atoms with Gasteiger partial charge in [0, 0.05) is 11.6 Å². The topological polar surface area (TPSA) is 38.0 Å². The summed E-state index contributed by atoms with van der Waals surface area (Å²) in [5, 5.41) is 3.26. The molecule has 1 atom stereocenters. The first kappa shape index (κ1) is 14.1. The average molecular weight is 238 g/mol. The van der Waals surface area contributed by atoms with E-state index in [0.717, 1.165) is 18.4 Å². The summed E-state index contributed by atoms with van der Waals surface area (Å²) in [6, 6.07) is 5.51. The number of rotatable bonds is 5. The van der Waals surface area contributed by atoms with E-state index in [4.69, 9.17) is 5.73 Å². The average Bonchev–Trinajstić information content (AvgIpc) is 2.22. The Labute approximate surface area is 103 Å². The van der Waals surface area contributed by atoms with Gasteiger partial charge >= 0.3 is 0 Å². The molecule has 0 aromatic heterocycles. The van der Waals surface area contributed by atoms with E-state index in [0.29, 0.717) is 5.56 Å². The van der Waals surface area contributed by atoms with Crippen molar-refractivity contribution in [2.24, 2.45) is 5.73 Å². The fraction of sp³-hybridized carbons (Fsp3) is 0.571. The van der Waals surface area contributed by atoms with Crippen molar-refractivity contribution in [1.82, 2.24) is 5.32 Å². The van der Waals surface area contributed by atoms with Crippen LogP contribution in [0.15, 0.2) is 18.2 Å². The molecule has 0 aliphatic rings. The van der Waals surface area contributed by atoms with Gasteiger partial charge in [-0.2, -0.15) is 0 Å². The van der Waals surface area contributed by atoms with Gasteiger partial charge in [0.05, 0.1) is 0 Å². The van der Waals surface area contributed by atoms with Gasteiger partial charge in [-0.05, 0) is 57.9 Å². The van der Waals surface area contributed by atoms with Crippen LogP contribution < -0.4 is 11.1 Å². The van der Waals surface area contributed by atoms with Crippen LogP contribution in [-0.2, 0) is 0 Å². The van der Waals surface area contributed by atoms with E-state index in [9.17, 15) is 4.39 Å². The van der Waals surface area contributed by atoms with Crippen LogP contribution in [0.4, 0.5) is 4.39 Å². The molecular weight excluding hydrogens is 215 g/mol. The number of hydrogen-bond donors (Lipinski definition) is 2. The van der Waals surface area contributed by atoms with Crippen LogP contribution in [0.2, 0.25) is 0 Å². The molecule has 0 aliphatic carbocycles. The lowest BCUT2D eigenvalue weighted by Gasteiger charge is -2.23. The Hall–Kier alpha value is -0.930. The number of hydrogen-bond acceptors (Lipinski definition) is 2. The molecule has 3 heteroatoms. The minimum Gasteiger partial charge on any atom is -0.326 e. The first-order valence-electron chi connectivity index (χ1n) is 6.05. The molecule has 0 spiro atoms. The lowest BCUT2D eigenvalue weighted by Crippen LogP contribution is -2.33. The zero-order valence-electron chi connectivity index (χ0n) is 11.2. The van der Waals surface area contributed by atoms with E-state index in [-0.39, 0.29) is 17.4 Å². The van der Waals surface area contributed by atoms with Gasteiger partial charge in [-0.1, -0.05) is 12.1 Å². The fourth-order valence-corrected chi connectivity index (χ4v) is 1.88. The van der Waals surface area contributed by atoms with Crippen molar-refractivity contribution in [2.45, 2.75) is 45.2 Å². The SMILES string of the molecule is CNC(CCC(C)(C)N)c1ccc(F)c(C)c1. The molecule has 0 fully saturated rings. The standard InChI is InChI=1S/C14H23FN2/c1-10-9-11(5-6-12(10)15)13(17-4)7-8-14(2,3)16/h5-6,9,13,17H,7-8,16H2,1-4H3. The summed E-state index contributed by atoms with van der Waals surface area (Å²) in [5.41, 5.74) is 7.63. The van der Waals surface area contributed by atoms with Gasteiger partial charge in [-0.15, -0.1) is 0 Å². The van der Waals surface area contributed by atoms with E-state index in [1.54, 1.807) is 6.92 Å². The number of nitrogens with one attached hydrogen (secondary N) is 1. The molecule has 1 aromatic rings. The largest absolute Gasteiger partial charge is 0.326 e. The van der Waals surface area contributed by atoms with Gasteiger partial charge in [-0.3, -0.25) is 0 Å². The van der Waals surface area contributed by atoms with Gasteiger partial charge in [0.25, 0.3) is 0 Å². The highest BCUT2D eigenvalue weighted by molar-refractivity contribution is 5.26. The normalized spacial score (nSPS) is 13.8. The molecule has 0 saturated carbocycles. The van der Waals surface area contributed by atoms with Crippen LogP contribution in [0.5, 0.6) is 0 Å². The van der Waals surface area contributed by atoms with Gasteiger partial charge < -0.3 is 11.1 Å².